The topological polar surface area (TPSA) is 110 Å². The summed E-state index contributed by atoms with van der Waals surface area (Å²) >= 11 is 0. The van der Waals surface area contributed by atoms with Crippen molar-refractivity contribution in [2.24, 2.45) is 0 Å². The smallest absolute Gasteiger partial charge is 0.293 e. The van der Waals surface area contributed by atoms with Crippen molar-refractivity contribution in [3.05, 3.63) is 33.9 Å². The number of ether oxygens (including phenoxy) is 1. The predicted molar refractivity (Wildman–Crippen MR) is 95.3 cm³/mol. The number of carbonyl (C=O) groups excluding carboxylic acids is 1. The summed E-state index contributed by atoms with van der Waals surface area (Å²) < 4.78 is 28.5. The molecule has 26 heavy (non-hydrogen) atoms. The van der Waals surface area contributed by atoms with Gasteiger partial charge in [0.15, 0.2) is 9.84 Å². The highest BCUT2D eigenvalue weighted by Crippen LogP contribution is 2.30. The van der Waals surface area contributed by atoms with Gasteiger partial charge in [-0.2, -0.15) is 0 Å². The molecule has 142 valence electrons. The first-order chi connectivity index (χ1) is 12.3. The molecule has 2 fully saturated rings. The number of amides is 1. The Bertz CT molecular complexity index is 819. The molecule has 1 amide bonds. The summed E-state index contributed by atoms with van der Waals surface area (Å²) in [5.41, 5.74) is 0.506. The van der Waals surface area contributed by atoms with Crippen molar-refractivity contribution in [2.45, 2.75) is 12.5 Å². The molecule has 2 heterocycles. The van der Waals surface area contributed by atoms with Crippen molar-refractivity contribution in [1.29, 1.82) is 0 Å². The molecule has 2 aliphatic rings. The van der Waals surface area contributed by atoms with Gasteiger partial charge in [0.2, 0.25) is 0 Å². The van der Waals surface area contributed by atoms with E-state index in [4.69, 9.17) is 4.74 Å². The highest BCUT2D eigenvalue weighted by molar-refractivity contribution is 7.91. The van der Waals surface area contributed by atoms with Crippen LogP contribution in [0.3, 0.4) is 0 Å². The van der Waals surface area contributed by atoms with Gasteiger partial charge in [0, 0.05) is 37.8 Å². The fourth-order valence-electron chi connectivity index (χ4n) is 3.32. The number of nitrogens with zero attached hydrogens (tertiary/aromatic N) is 3. The van der Waals surface area contributed by atoms with E-state index in [0.29, 0.717) is 38.4 Å². The number of hydrogen-bond donors (Lipinski definition) is 0. The summed E-state index contributed by atoms with van der Waals surface area (Å²) in [6.07, 6.45) is 0.387. The van der Waals surface area contributed by atoms with Crippen LogP contribution in [0.2, 0.25) is 0 Å². The normalized spacial score (nSPS) is 22.2. The number of hydrogen-bond acceptors (Lipinski definition) is 7. The molecule has 2 aliphatic heterocycles. The van der Waals surface area contributed by atoms with E-state index in [1.807, 2.05) is 4.90 Å². The highest BCUT2D eigenvalue weighted by Gasteiger charge is 2.33. The van der Waals surface area contributed by atoms with Crippen LogP contribution in [-0.4, -0.2) is 75.0 Å². The third-order valence-corrected chi connectivity index (χ3v) is 6.60. The van der Waals surface area contributed by atoms with Gasteiger partial charge in [-0.15, -0.1) is 0 Å². The second-order valence-electron chi connectivity index (χ2n) is 6.53. The van der Waals surface area contributed by atoms with Crippen molar-refractivity contribution in [2.75, 3.05) is 49.8 Å². The largest absolute Gasteiger partial charge is 0.378 e. The zero-order valence-corrected chi connectivity index (χ0v) is 15.3. The molecule has 1 atom stereocenters. The fourth-order valence-corrected chi connectivity index (χ4v) is 5.10. The maximum absolute atomic E-state index is 12.7. The summed E-state index contributed by atoms with van der Waals surface area (Å²) in [5, 5.41) is 11.5. The van der Waals surface area contributed by atoms with Gasteiger partial charge < -0.3 is 14.5 Å². The number of carbonyl (C=O) groups is 1. The molecule has 0 saturated carbocycles. The molecule has 1 unspecified atom stereocenters. The van der Waals surface area contributed by atoms with Crippen molar-refractivity contribution < 1.29 is 22.9 Å². The van der Waals surface area contributed by atoms with Crippen molar-refractivity contribution in [3.8, 4) is 0 Å². The first-order valence-electron chi connectivity index (χ1n) is 8.37. The van der Waals surface area contributed by atoms with Gasteiger partial charge >= 0.3 is 0 Å². The lowest BCUT2D eigenvalue weighted by atomic mass is 10.1. The monoisotopic (exact) mass is 383 g/mol. The van der Waals surface area contributed by atoms with E-state index < -0.39 is 26.7 Å². The Labute approximate surface area is 151 Å². The number of nitro benzene ring substituents is 1. The lowest BCUT2D eigenvalue weighted by Gasteiger charge is -2.29. The fraction of sp³-hybridized carbons (Fsp3) is 0.562. The molecule has 0 N–H and O–H groups in total. The first kappa shape index (κ1) is 18.6. The number of sulfone groups is 1. The van der Waals surface area contributed by atoms with Crippen molar-refractivity contribution in [1.82, 2.24) is 4.90 Å². The Kier molecular flexibility index (Phi) is 5.15. The Balaban J connectivity index is 1.84. The molecule has 9 nitrogen and oxygen atoms in total. The second-order valence-corrected chi connectivity index (χ2v) is 8.76. The van der Waals surface area contributed by atoms with E-state index in [1.165, 1.54) is 18.0 Å². The van der Waals surface area contributed by atoms with E-state index in [0.717, 1.165) is 0 Å². The van der Waals surface area contributed by atoms with Crippen molar-refractivity contribution >= 4 is 27.1 Å². The van der Waals surface area contributed by atoms with Crippen LogP contribution in [0.25, 0.3) is 0 Å². The maximum Gasteiger partial charge on any atom is 0.293 e. The van der Waals surface area contributed by atoms with Crippen LogP contribution < -0.4 is 4.90 Å². The van der Waals surface area contributed by atoms with Gasteiger partial charge in [-0.05, 0) is 18.6 Å². The molecule has 2 saturated heterocycles. The summed E-state index contributed by atoms with van der Waals surface area (Å²) in [5.74, 6) is -0.419. The van der Waals surface area contributed by atoms with Crippen LogP contribution in [0.4, 0.5) is 11.4 Å². The molecule has 0 spiro atoms. The molecular weight excluding hydrogens is 362 g/mol. The van der Waals surface area contributed by atoms with E-state index >= 15 is 0 Å². The molecule has 1 aromatic rings. The number of anilines is 1. The highest BCUT2D eigenvalue weighted by atomic mass is 32.2. The van der Waals surface area contributed by atoms with E-state index in [2.05, 4.69) is 0 Å². The minimum absolute atomic E-state index is 0.0609. The molecular formula is C16H21N3O6S. The number of nitro groups is 1. The average Bonchev–Trinajstić information content (AvgIpc) is 3.00. The third kappa shape index (κ3) is 3.80. The van der Waals surface area contributed by atoms with Gasteiger partial charge in [0.1, 0.15) is 5.69 Å². The minimum Gasteiger partial charge on any atom is -0.378 e. The van der Waals surface area contributed by atoms with E-state index in [9.17, 15) is 23.3 Å². The molecule has 3 rings (SSSR count). The van der Waals surface area contributed by atoms with Crippen LogP contribution in [0, 0.1) is 10.1 Å². The average molecular weight is 383 g/mol. The zero-order chi connectivity index (χ0) is 18.9. The van der Waals surface area contributed by atoms with Gasteiger partial charge in [0.05, 0.1) is 29.6 Å². The van der Waals surface area contributed by atoms with Gasteiger partial charge in [-0.25, -0.2) is 8.42 Å². The molecule has 0 bridgehead atoms. The number of rotatable bonds is 4. The maximum atomic E-state index is 12.7. The molecule has 0 aromatic heterocycles. The summed E-state index contributed by atoms with van der Waals surface area (Å²) in [6.45, 7) is 2.09. The molecule has 0 radical (unpaired) electrons. The Morgan fingerprint density at radius 1 is 1.35 bits per heavy atom. The van der Waals surface area contributed by atoms with Crippen LogP contribution in [-0.2, 0) is 14.6 Å². The minimum atomic E-state index is -3.12. The second kappa shape index (κ2) is 7.20. The summed E-state index contributed by atoms with van der Waals surface area (Å²) in [7, 11) is -1.58. The molecule has 0 aliphatic carbocycles. The third-order valence-electron chi connectivity index (χ3n) is 4.85. The SMILES string of the molecule is CN(C(=O)c1ccc(N2CCOCC2)c([N+](=O)[O-])c1)C1CCS(=O)(=O)C1. The molecule has 10 heteroatoms. The van der Waals surface area contributed by atoms with Gasteiger partial charge in [-0.3, -0.25) is 14.9 Å². The van der Waals surface area contributed by atoms with E-state index in [-0.39, 0.29) is 22.8 Å². The Morgan fingerprint density at radius 2 is 2.04 bits per heavy atom. The van der Waals surface area contributed by atoms with E-state index in [1.54, 1.807) is 12.1 Å². The standard InChI is InChI=1S/C16H21N3O6S/c1-17(13-4-9-26(23,24)11-13)16(20)12-2-3-14(15(10-12)19(21)22)18-5-7-25-8-6-18/h2-3,10,13H,4-9,11H2,1H3. The summed E-state index contributed by atoms with van der Waals surface area (Å²) in [6, 6.07) is 4.01. The first-order valence-corrected chi connectivity index (χ1v) is 10.2. The van der Waals surface area contributed by atoms with Crippen LogP contribution in [0.5, 0.6) is 0 Å². The van der Waals surface area contributed by atoms with Crippen LogP contribution in [0.1, 0.15) is 16.8 Å². The quantitative estimate of drug-likeness (QED) is 0.556. The lowest BCUT2D eigenvalue weighted by molar-refractivity contribution is -0.384. The van der Waals surface area contributed by atoms with Crippen LogP contribution in [0.15, 0.2) is 18.2 Å². The predicted octanol–water partition coefficient (Wildman–Crippen LogP) is 0.691. The Hall–Kier alpha value is -2.20. The van der Waals surface area contributed by atoms with Crippen LogP contribution >= 0.6 is 0 Å². The summed E-state index contributed by atoms with van der Waals surface area (Å²) in [4.78, 5) is 26.9. The Morgan fingerprint density at radius 3 is 2.62 bits per heavy atom. The number of morpholine rings is 1. The molecule has 1 aromatic carbocycles. The number of benzene rings is 1. The van der Waals surface area contributed by atoms with Crippen molar-refractivity contribution in [3.63, 3.8) is 0 Å². The lowest BCUT2D eigenvalue weighted by Crippen LogP contribution is -2.38. The van der Waals surface area contributed by atoms with Gasteiger partial charge in [0.25, 0.3) is 11.6 Å². The van der Waals surface area contributed by atoms with Gasteiger partial charge in [-0.1, -0.05) is 0 Å². The zero-order valence-electron chi connectivity index (χ0n) is 14.5.